The summed E-state index contributed by atoms with van der Waals surface area (Å²) in [6, 6.07) is 4.32. The van der Waals surface area contributed by atoms with Crippen molar-refractivity contribution in [3.8, 4) is 0 Å². The SMILES string of the molecule is O=C(O)Cc1cn(C2CCC2)c2ncccc12. The van der Waals surface area contributed by atoms with Gasteiger partial charge in [-0.25, -0.2) is 4.98 Å². The molecular weight excluding hydrogens is 216 g/mol. The van der Waals surface area contributed by atoms with Crippen LogP contribution in [0.3, 0.4) is 0 Å². The van der Waals surface area contributed by atoms with Crippen LogP contribution in [0.1, 0.15) is 30.9 Å². The lowest BCUT2D eigenvalue weighted by Gasteiger charge is -2.27. The standard InChI is InChI=1S/C13H14N2O2/c16-12(17)7-9-8-15(10-3-1-4-10)13-11(9)5-2-6-14-13/h2,5-6,8,10H,1,3-4,7H2,(H,16,17). The number of aromatic nitrogens is 2. The van der Waals surface area contributed by atoms with E-state index in [2.05, 4.69) is 9.55 Å². The number of nitrogens with zero attached hydrogens (tertiary/aromatic N) is 2. The first-order valence-corrected chi connectivity index (χ1v) is 5.92. The summed E-state index contributed by atoms with van der Waals surface area (Å²) in [4.78, 5) is 15.2. The first-order chi connectivity index (χ1) is 8.25. The predicted molar refractivity (Wildman–Crippen MR) is 64.0 cm³/mol. The Morgan fingerprint density at radius 1 is 1.53 bits per heavy atom. The largest absolute Gasteiger partial charge is 0.481 e. The van der Waals surface area contributed by atoms with Crippen LogP contribution in [0.5, 0.6) is 0 Å². The number of hydrogen-bond donors (Lipinski definition) is 1. The van der Waals surface area contributed by atoms with E-state index < -0.39 is 5.97 Å². The van der Waals surface area contributed by atoms with Crippen LogP contribution < -0.4 is 0 Å². The smallest absolute Gasteiger partial charge is 0.307 e. The second-order valence-corrected chi connectivity index (χ2v) is 4.59. The van der Waals surface area contributed by atoms with E-state index in [0.29, 0.717) is 6.04 Å². The molecule has 1 aliphatic carbocycles. The van der Waals surface area contributed by atoms with Crippen molar-refractivity contribution in [1.29, 1.82) is 0 Å². The highest BCUT2D eigenvalue weighted by Gasteiger charge is 2.23. The van der Waals surface area contributed by atoms with Gasteiger partial charge in [-0.15, -0.1) is 0 Å². The van der Waals surface area contributed by atoms with Gasteiger partial charge in [-0.05, 0) is 37.0 Å². The highest BCUT2D eigenvalue weighted by molar-refractivity contribution is 5.85. The van der Waals surface area contributed by atoms with Crippen molar-refractivity contribution in [2.45, 2.75) is 31.7 Å². The zero-order chi connectivity index (χ0) is 11.8. The fourth-order valence-electron chi connectivity index (χ4n) is 2.40. The minimum atomic E-state index is -0.790. The van der Waals surface area contributed by atoms with Crippen LogP contribution in [0, 0.1) is 0 Å². The molecule has 1 N–H and O–H groups in total. The van der Waals surface area contributed by atoms with E-state index >= 15 is 0 Å². The van der Waals surface area contributed by atoms with Crippen LogP contribution in [0.25, 0.3) is 11.0 Å². The third-order valence-corrected chi connectivity index (χ3v) is 3.48. The molecule has 2 heterocycles. The fraction of sp³-hybridized carbons (Fsp3) is 0.385. The first kappa shape index (κ1) is 10.3. The number of aliphatic carboxylic acids is 1. The number of hydrogen-bond acceptors (Lipinski definition) is 2. The number of rotatable bonds is 3. The lowest BCUT2D eigenvalue weighted by molar-refractivity contribution is -0.136. The van der Waals surface area contributed by atoms with Gasteiger partial charge in [0.15, 0.2) is 0 Å². The van der Waals surface area contributed by atoms with Crippen molar-refractivity contribution < 1.29 is 9.90 Å². The molecule has 17 heavy (non-hydrogen) atoms. The van der Waals surface area contributed by atoms with Gasteiger partial charge in [0.05, 0.1) is 6.42 Å². The Morgan fingerprint density at radius 3 is 3.00 bits per heavy atom. The van der Waals surface area contributed by atoms with Gasteiger partial charge in [-0.1, -0.05) is 0 Å². The van der Waals surface area contributed by atoms with E-state index in [1.54, 1.807) is 6.20 Å². The van der Waals surface area contributed by atoms with Gasteiger partial charge in [0.25, 0.3) is 0 Å². The zero-order valence-corrected chi connectivity index (χ0v) is 9.47. The second-order valence-electron chi connectivity index (χ2n) is 4.59. The van der Waals surface area contributed by atoms with Gasteiger partial charge >= 0.3 is 5.97 Å². The van der Waals surface area contributed by atoms with Crippen LogP contribution in [0.4, 0.5) is 0 Å². The molecule has 1 aliphatic rings. The molecule has 2 aromatic heterocycles. The van der Waals surface area contributed by atoms with Crippen LogP contribution in [0.15, 0.2) is 24.5 Å². The molecule has 0 amide bonds. The average Bonchev–Trinajstić information content (AvgIpc) is 2.55. The van der Waals surface area contributed by atoms with Crippen molar-refractivity contribution in [3.63, 3.8) is 0 Å². The van der Waals surface area contributed by atoms with Crippen LogP contribution >= 0.6 is 0 Å². The molecule has 4 nitrogen and oxygen atoms in total. The summed E-state index contributed by atoms with van der Waals surface area (Å²) in [5.41, 5.74) is 1.79. The molecule has 3 rings (SSSR count). The third-order valence-electron chi connectivity index (χ3n) is 3.48. The third kappa shape index (κ3) is 1.69. The molecule has 0 radical (unpaired) electrons. The Labute approximate surface area is 98.9 Å². The van der Waals surface area contributed by atoms with Gasteiger partial charge in [-0.2, -0.15) is 0 Å². The summed E-state index contributed by atoms with van der Waals surface area (Å²) in [5.74, 6) is -0.790. The highest BCUT2D eigenvalue weighted by atomic mass is 16.4. The molecule has 4 heteroatoms. The van der Waals surface area contributed by atoms with Gasteiger partial charge in [0.1, 0.15) is 5.65 Å². The molecule has 88 valence electrons. The van der Waals surface area contributed by atoms with E-state index in [0.717, 1.165) is 16.6 Å². The predicted octanol–water partition coefficient (Wildman–Crippen LogP) is 2.39. The lowest BCUT2D eigenvalue weighted by atomic mass is 9.93. The quantitative estimate of drug-likeness (QED) is 0.880. The van der Waals surface area contributed by atoms with E-state index in [1.165, 1.54) is 19.3 Å². The van der Waals surface area contributed by atoms with Crippen molar-refractivity contribution in [2.75, 3.05) is 0 Å². The maximum absolute atomic E-state index is 10.8. The molecular formula is C13H14N2O2. The maximum Gasteiger partial charge on any atom is 0.307 e. The van der Waals surface area contributed by atoms with Crippen molar-refractivity contribution in [2.24, 2.45) is 0 Å². The van der Waals surface area contributed by atoms with Crippen LogP contribution in [-0.2, 0) is 11.2 Å². The highest BCUT2D eigenvalue weighted by Crippen LogP contribution is 2.35. The number of carbonyl (C=O) groups is 1. The molecule has 1 saturated carbocycles. The first-order valence-electron chi connectivity index (χ1n) is 5.92. The molecule has 0 saturated heterocycles. The molecule has 0 unspecified atom stereocenters. The minimum Gasteiger partial charge on any atom is -0.481 e. The Bertz CT molecular complexity index is 570. The fourth-order valence-corrected chi connectivity index (χ4v) is 2.40. The van der Waals surface area contributed by atoms with Gasteiger partial charge in [0.2, 0.25) is 0 Å². The summed E-state index contributed by atoms with van der Waals surface area (Å²) in [6.45, 7) is 0. The molecule has 0 bridgehead atoms. The van der Waals surface area contributed by atoms with E-state index in [1.807, 2.05) is 18.3 Å². The zero-order valence-electron chi connectivity index (χ0n) is 9.47. The van der Waals surface area contributed by atoms with Crippen LogP contribution in [-0.4, -0.2) is 20.6 Å². The number of pyridine rings is 1. The van der Waals surface area contributed by atoms with E-state index in [4.69, 9.17) is 5.11 Å². The Kier molecular flexibility index (Phi) is 2.35. The Hall–Kier alpha value is -1.84. The second kappa shape index (κ2) is 3.87. The Morgan fingerprint density at radius 2 is 2.35 bits per heavy atom. The Balaban J connectivity index is 2.12. The van der Waals surface area contributed by atoms with Crippen molar-refractivity contribution in [3.05, 3.63) is 30.1 Å². The average molecular weight is 230 g/mol. The summed E-state index contributed by atoms with van der Waals surface area (Å²) in [7, 11) is 0. The minimum absolute atomic E-state index is 0.0713. The summed E-state index contributed by atoms with van der Waals surface area (Å²) < 4.78 is 2.15. The summed E-state index contributed by atoms with van der Waals surface area (Å²) in [6.07, 6.45) is 7.41. The van der Waals surface area contributed by atoms with E-state index in [-0.39, 0.29) is 6.42 Å². The van der Waals surface area contributed by atoms with Crippen LogP contribution in [0.2, 0.25) is 0 Å². The molecule has 0 atom stereocenters. The van der Waals surface area contributed by atoms with Crippen molar-refractivity contribution >= 4 is 17.0 Å². The molecule has 0 aliphatic heterocycles. The topological polar surface area (TPSA) is 55.1 Å². The molecule has 0 aromatic carbocycles. The number of carboxylic acids is 1. The molecule has 0 spiro atoms. The van der Waals surface area contributed by atoms with E-state index in [9.17, 15) is 4.79 Å². The number of carboxylic acid groups (broad SMARTS) is 1. The molecule has 2 aromatic rings. The normalized spacial score (nSPS) is 16.0. The summed E-state index contributed by atoms with van der Waals surface area (Å²) >= 11 is 0. The summed E-state index contributed by atoms with van der Waals surface area (Å²) in [5, 5.41) is 9.89. The molecule has 1 fully saturated rings. The van der Waals surface area contributed by atoms with Gasteiger partial charge in [0, 0.05) is 23.8 Å². The van der Waals surface area contributed by atoms with Gasteiger partial charge in [-0.3, -0.25) is 4.79 Å². The lowest BCUT2D eigenvalue weighted by Crippen LogP contribution is -2.16. The number of fused-ring (bicyclic) bond motifs is 1. The van der Waals surface area contributed by atoms with Gasteiger partial charge < -0.3 is 9.67 Å². The monoisotopic (exact) mass is 230 g/mol. The van der Waals surface area contributed by atoms with Crippen molar-refractivity contribution in [1.82, 2.24) is 9.55 Å². The maximum atomic E-state index is 10.8.